The molecule has 1 saturated heterocycles. The zero-order valence-electron chi connectivity index (χ0n) is 12.2. The van der Waals surface area contributed by atoms with E-state index in [0.29, 0.717) is 6.04 Å². The molecule has 0 spiro atoms. The Morgan fingerprint density at radius 3 is 2.95 bits per heavy atom. The van der Waals surface area contributed by atoms with E-state index in [-0.39, 0.29) is 0 Å². The van der Waals surface area contributed by atoms with Crippen molar-refractivity contribution in [2.75, 3.05) is 24.5 Å². The number of piperidine rings is 1. The van der Waals surface area contributed by atoms with Gasteiger partial charge < -0.3 is 15.2 Å². The number of aromatic nitrogens is 2. The standard InChI is InChI=1S/C16H24N4/c1-2-11-20(12-13-7-5-6-10-17-13)16-18-14-8-3-4-9-15(14)19-16/h3-4,8-9,13,17H,2,5-7,10-12H2,1H3,(H,18,19). The van der Waals surface area contributed by atoms with Gasteiger partial charge in [-0.3, -0.25) is 0 Å². The number of aromatic amines is 1. The molecule has 20 heavy (non-hydrogen) atoms. The number of fused-ring (bicyclic) bond motifs is 1. The van der Waals surface area contributed by atoms with Gasteiger partial charge in [-0.05, 0) is 37.9 Å². The molecule has 1 unspecified atom stereocenters. The Kier molecular flexibility index (Phi) is 4.21. The van der Waals surface area contributed by atoms with Gasteiger partial charge in [0.2, 0.25) is 5.95 Å². The van der Waals surface area contributed by atoms with Crippen LogP contribution >= 0.6 is 0 Å². The van der Waals surface area contributed by atoms with Crippen LogP contribution in [-0.2, 0) is 0 Å². The summed E-state index contributed by atoms with van der Waals surface area (Å²) in [5.74, 6) is 1.01. The molecule has 2 N–H and O–H groups in total. The number of H-pyrrole nitrogens is 1. The van der Waals surface area contributed by atoms with E-state index in [1.165, 1.54) is 19.3 Å². The molecule has 0 radical (unpaired) electrons. The molecular weight excluding hydrogens is 248 g/mol. The molecule has 2 aromatic rings. The first-order chi connectivity index (χ1) is 9.86. The molecule has 1 aliphatic heterocycles. The van der Waals surface area contributed by atoms with Crippen LogP contribution in [0, 0.1) is 0 Å². The van der Waals surface area contributed by atoms with Gasteiger partial charge in [0.05, 0.1) is 11.0 Å². The Balaban J connectivity index is 1.77. The summed E-state index contributed by atoms with van der Waals surface area (Å²) in [4.78, 5) is 10.6. The van der Waals surface area contributed by atoms with Crippen molar-refractivity contribution < 1.29 is 0 Å². The van der Waals surface area contributed by atoms with E-state index < -0.39 is 0 Å². The largest absolute Gasteiger partial charge is 0.341 e. The van der Waals surface area contributed by atoms with Crippen LogP contribution in [0.25, 0.3) is 11.0 Å². The number of nitrogens with zero attached hydrogens (tertiary/aromatic N) is 2. The molecule has 1 atom stereocenters. The van der Waals surface area contributed by atoms with Crippen molar-refractivity contribution in [3.05, 3.63) is 24.3 Å². The van der Waals surface area contributed by atoms with Gasteiger partial charge in [0.25, 0.3) is 0 Å². The highest BCUT2D eigenvalue weighted by molar-refractivity contribution is 5.77. The maximum atomic E-state index is 4.74. The summed E-state index contributed by atoms with van der Waals surface area (Å²) in [5, 5.41) is 3.63. The third kappa shape index (κ3) is 2.96. The lowest BCUT2D eigenvalue weighted by atomic mass is 10.0. The lowest BCUT2D eigenvalue weighted by molar-refractivity contribution is 0.398. The van der Waals surface area contributed by atoms with E-state index >= 15 is 0 Å². The number of anilines is 1. The first-order valence-corrected chi connectivity index (χ1v) is 7.80. The maximum Gasteiger partial charge on any atom is 0.203 e. The predicted molar refractivity (Wildman–Crippen MR) is 84.2 cm³/mol. The van der Waals surface area contributed by atoms with Crippen LogP contribution in [0.15, 0.2) is 24.3 Å². The normalized spacial score (nSPS) is 19.4. The summed E-state index contributed by atoms with van der Waals surface area (Å²) >= 11 is 0. The second kappa shape index (κ2) is 6.27. The van der Waals surface area contributed by atoms with Crippen molar-refractivity contribution in [3.8, 4) is 0 Å². The van der Waals surface area contributed by atoms with Gasteiger partial charge in [-0.1, -0.05) is 25.5 Å². The van der Waals surface area contributed by atoms with Crippen LogP contribution in [-0.4, -0.2) is 35.6 Å². The van der Waals surface area contributed by atoms with Gasteiger partial charge in [-0.15, -0.1) is 0 Å². The van der Waals surface area contributed by atoms with Crippen molar-refractivity contribution in [1.29, 1.82) is 0 Å². The van der Waals surface area contributed by atoms with Gasteiger partial charge in [0, 0.05) is 19.1 Å². The average molecular weight is 272 g/mol. The van der Waals surface area contributed by atoms with Crippen molar-refractivity contribution in [3.63, 3.8) is 0 Å². The molecule has 0 aliphatic carbocycles. The van der Waals surface area contributed by atoms with Gasteiger partial charge in [-0.25, -0.2) is 4.98 Å². The lowest BCUT2D eigenvalue weighted by Gasteiger charge is -2.30. The maximum absolute atomic E-state index is 4.74. The van der Waals surface area contributed by atoms with E-state index in [2.05, 4.69) is 40.3 Å². The number of para-hydroxylation sites is 2. The summed E-state index contributed by atoms with van der Waals surface area (Å²) in [5.41, 5.74) is 2.18. The Hall–Kier alpha value is -1.55. The van der Waals surface area contributed by atoms with Gasteiger partial charge in [0.15, 0.2) is 0 Å². The van der Waals surface area contributed by atoms with Crippen molar-refractivity contribution in [2.24, 2.45) is 0 Å². The zero-order valence-corrected chi connectivity index (χ0v) is 12.2. The van der Waals surface area contributed by atoms with Crippen LogP contribution in [0.1, 0.15) is 32.6 Å². The second-order valence-electron chi connectivity index (χ2n) is 5.67. The minimum atomic E-state index is 0.600. The number of rotatable bonds is 5. The van der Waals surface area contributed by atoms with Gasteiger partial charge >= 0.3 is 0 Å². The smallest absolute Gasteiger partial charge is 0.203 e. The molecule has 0 bridgehead atoms. The minimum Gasteiger partial charge on any atom is -0.341 e. The molecule has 0 saturated carbocycles. The molecule has 1 aromatic carbocycles. The topological polar surface area (TPSA) is 44.0 Å². The molecule has 1 aromatic heterocycles. The lowest BCUT2D eigenvalue weighted by Crippen LogP contribution is -2.44. The predicted octanol–water partition coefficient (Wildman–Crippen LogP) is 2.92. The Labute approximate surface area is 120 Å². The molecule has 0 amide bonds. The van der Waals surface area contributed by atoms with Crippen LogP contribution in [0.5, 0.6) is 0 Å². The molecule has 108 valence electrons. The van der Waals surface area contributed by atoms with E-state index in [1.807, 2.05) is 6.07 Å². The molecule has 4 nitrogen and oxygen atoms in total. The second-order valence-corrected chi connectivity index (χ2v) is 5.67. The monoisotopic (exact) mass is 272 g/mol. The minimum absolute atomic E-state index is 0.600. The number of hydrogen-bond acceptors (Lipinski definition) is 3. The molecule has 1 aliphatic rings. The van der Waals surface area contributed by atoms with Gasteiger partial charge in [0.1, 0.15) is 0 Å². The number of imidazole rings is 1. The van der Waals surface area contributed by atoms with E-state index in [0.717, 1.165) is 43.0 Å². The fraction of sp³-hybridized carbons (Fsp3) is 0.562. The quantitative estimate of drug-likeness (QED) is 0.879. The molecule has 2 heterocycles. The third-order valence-corrected chi connectivity index (χ3v) is 4.02. The first-order valence-electron chi connectivity index (χ1n) is 7.80. The number of nitrogens with one attached hydrogen (secondary N) is 2. The Morgan fingerprint density at radius 1 is 1.30 bits per heavy atom. The molecule has 3 rings (SSSR count). The SMILES string of the molecule is CCCN(CC1CCCCN1)c1nc2ccccc2[nH]1. The summed E-state index contributed by atoms with van der Waals surface area (Å²) < 4.78 is 0. The highest BCUT2D eigenvalue weighted by atomic mass is 15.3. The van der Waals surface area contributed by atoms with E-state index in [1.54, 1.807) is 0 Å². The summed E-state index contributed by atoms with van der Waals surface area (Å²) in [6.07, 6.45) is 5.08. The molecular formula is C16H24N4. The Morgan fingerprint density at radius 2 is 2.20 bits per heavy atom. The molecule has 1 fully saturated rings. The van der Waals surface area contributed by atoms with Crippen molar-refractivity contribution in [2.45, 2.75) is 38.6 Å². The summed E-state index contributed by atoms with van der Waals surface area (Å²) in [6.45, 7) is 5.49. The van der Waals surface area contributed by atoms with Crippen LogP contribution in [0.2, 0.25) is 0 Å². The first kappa shape index (κ1) is 13.4. The third-order valence-electron chi connectivity index (χ3n) is 4.02. The number of hydrogen-bond donors (Lipinski definition) is 2. The van der Waals surface area contributed by atoms with E-state index in [4.69, 9.17) is 4.98 Å². The Bertz CT molecular complexity index is 509. The van der Waals surface area contributed by atoms with Crippen LogP contribution in [0.3, 0.4) is 0 Å². The zero-order chi connectivity index (χ0) is 13.8. The summed E-state index contributed by atoms with van der Waals surface area (Å²) in [6, 6.07) is 8.85. The van der Waals surface area contributed by atoms with E-state index in [9.17, 15) is 0 Å². The fourth-order valence-corrected chi connectivity index (χ4v) is 2.99. The van der Waals surface area contributed by atoms with Crippen LogP contribution < -0.4 is 10.2 Å². The number of benzene rings is 1. The van der Waals surface area contributed by atoms with Gasteiger partial charge in [-0.2, -0.15) is 0 Å². The fourth-order valence-electron chi connectivity index (χ4n) is 2.99. The highest BCUT2D eigenvalue weighted by Crippen LogP contribution is 2.19. The summed E-state index contributed by atoms with van der Waals surface area (Å²) in [7, 11) is 0. The highest BCUT2D eigenvalue weighted by Gasteiger charge is 2.18. The average Bonchev–Trinajstić information content (AvgIpc) is 2.92. The van der Waals surface area contributed by atoms with Crippen molar-refractivity contribution >= 4 is 17.0 Å². The van der Waals surface area contributed by atoms with Crippen molar-refractivity contribution in [1.82, 2.24) is 15.3 Å². The molecule has 4 heteroatoms. The van der Waals surface area contributed by atoms with Crippen LogP contribution in [0.4, 0.5) is 5.95 Å².